The highest BCUT2D eigenvalue weighted by Gasteiger charge is 2.44. The van der Waals surface area contributed by atoms with Crippen molar-refractivity contribution in [3.05, 3.63) is 100 Å². The lowest BCUT2D eigenvalue weighted by Crippen LogP contribution is -2.26. The lowest BCUT2D eigenvalue weighted by atomic mass is 10.1. The van der Waals surface area contributed by atoms with Crippen LogP contribution in [-0.4, -0.2) is 14.3 Å². The van der Waals surface area contributed by atoms with Crippen molar-refractivity contribution in [2.45, 2.75) is 30.3 Å². The van der Waals surface area contributed by atoms with Crippen molar-refractivity contribution in [2.75, 3.05) is 0 Å². The fourth-order valence-electron chi connectivity index (χ4n) is 3.66. The smallest absolute Gasteiger partial charge is 0.240 e. The van der Waals surface area contributed by atoms with E-state index >= 15 is 0 Å². The molecule has 0 saturated heterocycles. The van der Waals surface area contributed by atoms with Crippen LogP contribution >= 0.6 is 11.6 Å². The number of sulfonamides is 1. The first kappa shape index (κ1) is 22.5. The van der Waals surface area contributed by atoms with E-state index in [9.17, 15) is 17.6 Å². The summed E-state index contributed by atoms with van der Waals surface area (Å²) in [5.41, 5.74) is 2.17. The van der Waals surface area contributed by atoms with Crippen LogP contribution in [-0.2, 0) is 27.9 Å². The van der Waals surface area contributed by atoms with E-state index in [4.69, 9.17) is 11.6 Å². The number of nitrogens with one attached hydrogen (secondary N) is 2. The topological polar surface area (TPSA) is 75.3 Å². The van der Waals surface area contributed by atoms with Crippen molar-refractivity contribution in [1.29, 1.82) is 0 Å². The van der Waals surface area contributed by atoms with Crippen molar-refractivity contribution in [1.82, 2.24) is 10.0 Å². The van der Waals surface area contributed by atoms with Gasteiger partial charge in [-0.25, -0.2) is 17.5 Å². The second-order valence-corrected chi connectivity index (χ2v) is 9.96. The molecule has 2 atom stereocenters. The zero-order valence-corrected chi connectivity index (χ0v) is 18.7. The molecule has 1 amide bonds. The molecule has 1 saturated carbocycles. The van der Waals surface area contributed by atoms with Gasteiger partial charge in [0.05, 0.1) is 4.90 Å². The van der Waals surface area contributed by atoms with Gasteiger partial charge in [0.2, 0.25) is 15.9 Å². The normalized spacial score (nSPS) is 17.7. The molecular formula is C24H22ClFN2O3S. The molecule has 3 aromatic carbocycles. The van der Waals surface area contributed by atoms with Gasteiger partial charge in [-0.1, -0.05) is 54.1 Å². The van der Waals surface area contributed by atoms with Gasteiger partial charge in [0, 0.05) is 24.0 Å². The Labute approximate surface area is 191 Å². The van der Waals surface area contributed by atoms with Crippen LogP contribution in [0.25, 0.3) is 0 Å². The van der Waals surface area contributed by atoms with Crippen molar-refractivity contribution in [2.24, 2.45) is 5.92 Å². The summed E-state index contributed by atoms with van der Waals surface area (Å²) in [6, 6.07) is 19.6. The van der Waals surface area contributed by atoms with Crippen LogP contribution in [0.15, 0.2) is 77.7 Å². The Kier molecular flexibility index (Phi) is 6.60. The van der Waals surface area contributed by atoms with Crippen LogP contribution in [0, 0.1) is 11.7 Å². The summed E-state index contributed by atoms with van der Waals surface area (Å²) >= 11 is 6.22. The predicted molar refractivity (Wildman–Crippen MR) is 121 cm³/mol. The molecule has 1 aliphatic carbocycles. The lowest BCUT2D eigenvalue weighted by molar-refractivity contribution is -0.122. The molecule has 1 aliphatic rings. The molecule has 0 spiro atoms. The van der Waals surface area contributed by atoms with Gasteiger partial charge in [0.25, 0.3) is 0 Å². The summed E-state index contributed by atoms with van der Waals surface area (Å²) in [6.45, 7) is 0.198. The van der Waals surface area contributed by atoms with Crippen molar-refractivity contribution in [3.63, 3.8) is 0 Å². The molecule has 32 heavy (non-hydrogen) atoms. The zero-order valence-electron chi connectivity index (χ0n) is 17.1. The van der Waals surface area contributed by atoms with E-state index in [1.807, 2.05) is 24.3 Å². The molecule has 0 radical (unpaired) electrons. The summed E-state index contributed by atoms with van der Waals surface area (Å²) in [4.78, 5) is 12.6. The van der Waals surface area contributed by atoms with E-state index in [1.54, 1.807) is 18.2 Å². The number of rotatable bonds is 8. The van der Waals surface area contributed by atoms with E-state index in [-0.39, 0.29) is 35.7 Å². The number of hydrogen-bond donors (Lipinski definition) is 2. The summed E-state index contributed by atoms with van der Waals surface area (Å²) < 4.78 is 41.0. The van der Waals surface area contributed by atoms with Gasteiger partial charge >= 0.3 is 0 Å². The predicted octanol–water partition coefficient (Wildman–Crippen LogP) is 4.38. The summed E-state index contributed by atoms with van der Waals surface area (Å²) in [6.07, 6.45) is 0.744. The van der Waals surface area contributed by atoms with Crippen molar-refractivity contribution < 1.29 is 17.6 Å². The van der Waals surface area contributed by atoms with Gasteiger partial charge in [-0.3, -0.25) is 4.79 Å². The van der Waals surface area contributed by atoms with E-state index in [2.05, 4.69) is 10.0 Å². The standard InChI is InChI=1S/C24H22ClFN2O3S/c25-23-10-2-1-9-20(23)21-13-22(21)24(29)27-14-17-6-4-8-19(12-17)32(30,31)28-15-16-5-3-7-18(26)11-16/h1-12,21-22,28H,13-15H2,(H,27,29). The molecule has 5 nitrogen and oxygen atoms in total. The first-order valence-electron chi connectivity index (χ1n) is 10.2. The van der Waals surface area contributed by atoms with Crippen molar-refractivity contribution >= 4 is 27.5 Å². The average Bonchev–Trinajstić information content (AvgIpc) is 3.58. The SMILES string of the molecule is O=C(NCc1cccc(S(=O)(=O)NCc2cccc(F)c2)c1)C1CC1c1ccccc1Cl. The number of benzene rings is 3. The van der Waals surface area contributed by atoms with Crippen LogP contribution in [0.4, 0.5) is 4.39 Å². The fourth-order valence-corrected chi connectivity index (χ4v) is 5.02. The largest absolute Gasteiger partial charge is 0.352 e. The maximum absolute atomic E-state index is 13.3. The summed E-state index contributed by atoms with van der Waals surface area (Å²) in [5, 5.41) is 3.55. The van der Waals surface area contributed by atoms with Gasteiger partial charge in [0.1, 0.15) is 5.82 Å². The molecule has 8 heteroatoms. The molecule has 0 bridgehead atoms. The van der Waals surface area contributed by atoms with Gasteiger partial charge in [0.15, 0.2) is 0 Å². The van der Waals surface area contributed by atoms with E-state index in [0.29, 0.717) is 16.1 Å². The quantitative estimate of drug-likeness (QED) is 0.511. The first-order chi connectivity index (χ1) is 15.3. The molecule has 0 aliphatic heterocycles. The Morgan fingerprint density at radius 2 is 1.69 bits per heavy atom. The van der Waals surface area contributed by atoms with E-state index < -0.39 is 15.8 Å². The van der Waals surface area contributed by atoms with Crippen LogP contribution in [0.1, 0.15) is 29.0 Å². The molecule has 0 heterocycles. The van der Waals surface area contributed by atoms with E-state index in [0.717, 1.165) is 12.0 Å². The highest BCUT2D eigenvalue weighted by atomic mass is 35.5. The Morgan fingerprint density at radius 1 is 0.969 bits per heavy atom. The maximum atomic E-state index is 13.3. The second-order valence-electron chi connectivity index (χ2n) is 7.79. The number of carbonyl (C=O) groups excluding carboxylic acids is 1. The van der Waals surface area contributed by atoms with Crippen LogP contribution in [0.3, 0.4) is 0 Å². The highest BCUT2D eigenvalue weighted by molar-refractivity contribution is 7.89. The fraction of sp³-hybridized carbons (Fsp3) is 0.208. The Balaban J connectivity index is 1.35. The first-order valence-corrected chi connectivity index (χ1v) is 12.0. The molecule has 1 fully saturated rings. The highest BCUT2D eigenvalue weighted by Crippen LogP contribution is 2.49. The maximum Gasteiger partial charge on any atom is 0.240 e. The Bertz CT molecular complexity index is 1250. The zero-order chi connectivity index (χ0) is 22.7. The molecule has 2 N–H and O–H groups in total. The summed E-state index contributed by atoms with van der Waals surface area (Å²) in [5.74, 6) is -0.517. The van der Waals surface area contributed by atoms with Crippen LogP contribution in [0.5, 0.6) is 0 Å². The summed E-state index contributed by atoms with van der Waals surface area (Å²) in [7, 11) is -3.79. The van der Waals surface area contributed by atoms with Gasteiger partial charge in [-0.15, -0.1) is 0 Å². The average molecular weight is 473 g/mol. The third-order valence-electron chi connectivity index (χ3n) is 5.46. The minimum Gasteiger partial charge on any atom is -0.352 e. The van der Waals surface area contributed by atoms with Crippen molar-refractivity contribution in [3.8, 4) is 0 Å². The van der Waals surface area contributed by atoms with Gasteiger partial charge in [-0.2, -0.15) is 0 Å². The minimum atomic E-state index is -3.79. The van der Waals surface area contributed by atoms with Gasteiger partial charge < -0.3 is 5.32 Å². The molecule has 0 aromatic heterocycles. The molecule has 2 unspecified atom stereocenters. The van der Waals surface area contributed by atoms with E-state index in [1.165, 1.54) is 30.3 Å². The Hall–Kier alpha value is -2.74. The molecule has 3 aromatic rings. The third-order valence-corrected chi connectivity index (χ3v) is 7.21. The Morgan fingerprint density at radius 3 is 2.44 bits per heavy atom. The lowest BCUT2D eigenvalue weighted by Gasteiger charge is -2.10. The van der Waals surface area contributed by atoms with Crippen LogP contribution < -0.4 is 10.0 Å². The molecule has 4 rings (SSSR count). The molecule has 166 valence electrons. The second kappa shape index (κ2) is 9.40. The number of carbonyl (C=O) groups is 1. The molecular weight excluding hydrogens is 451 g/mol. The minimum absolute atomic E-state index is 0.0217. The van der Waals surface area contributed by atoms with Crippen LogP contribution in [0.2, 0.25) is 5.02 Å². The van der Waals surface area contributed by atoms with Gasteiger partial charge in [-0.05, 0) is 59.4 Å². The number of halogens is 2. The number of hydrogen-bond acceptors (Lipinski definition) is 3. The monoisotopic (exact) mass is 472 g/mol. The third kappa shape index (κ3) is 5.35. The number of amides is 1.